The second kappa shape index (κ2) is 8.92. The van der Waals surface area contributed by atoms with Gasteiger partial charge in [0.1, 0.15) is 0 Å². The van der Waals surface area contributed by atoms with E-state index < -0.39 is 10.0 Å². The van der Waals surface area contributed by atoms with Gasteiger partial charge in [0, 0.05) is 41.9 Å². The average Bonchev–Trinajstić information content (AvgIpc) is 2.66. The van der Waals surface area contributed by atoms with E-state index in [0.717, 1.165) is 11.1 Å². The Morgan fingerprint density at radius 3 is 2.10 bits per heavy atom. The largest absolute Gasteiger partial charge is 0.325 e. The van der Waals surface area contributed by atoms with Crippen molar-refractivity contribution in [1.29, 1.82) is 0 Å². The minimum Gasteiger partial charge on any atom is -0.325 e. The number of piperidine rings is 1. The van der Waals surface area contributed by atoms with Crippen molar-refractivity contribution in [3.05, 3.63) is 52.5 Å². The zero-order chi connectivity index (χ0) is 21.2. The SMILES string of the molecule is CN(C(=O)Nc1ccc(-c2cc(Cl)cc(Cl)c2)cc1)C1CCN(S(C)(=O)=O)CC1. The van der Waals surface area contributed by atoms with E-state index in [2.05, 4.69) is 5.32 Å². The van der Waals surface area contributed by atoms with E-state index >= 15 is 0 Å². The van der Waals surface area contributed by atoms with E-state index in [0.29, 0.717) is 41.7 Å². The van der Waals surface area contributed by atoms with Crippen LogP contribution in [0.25, 0.3) is 11.1 Å². The van der Waals surface area contributed by atoms with Crippen molar-refractivity contribution >= 4 is 44.9 Å². The van der Waals surface area contributed by atoms with Gasteiger partial charge in [-0.15, -0.1) is 0 Å². The number of anilines is 1. The van der Waals surface area contributed by atoms with Crippen molar-refractivity contribution in [3.8, 4) is 11.1 Å². The summed E-state index contributed by atoms with van der Waals surface area (Å²) in [5.74, 6) is 0. The number of sulfonamides is 1. The number of hydrogen-bond acceptors (Lipinski definition) is 3. The number of carbonyl (C=O) groups excluding carboxylic acids is 1. The summed E-state index contributed by atoms with van der Waals surface area (Å²) in [6.07, 6.45) is 2.45. The fourth-order valence-corrected chi connectivity index (χ4v) is 4.81. The zero-order valence-electron chi connectivity index (χ0n) is 16.2. The highest BCUT2D eigenvalue weighted by Gasteiger charge is 2.29. The molecule has 156 valence electrons. The lowest BCUT2D eigenvalue weighted by Gasteiger charge is -2.35. The Hall–Kier alpha value is -1.80. The summed E-state index contributed by atoms with van der Waals surface area (Å²) in [6, 6.07) is 12.5. The van der Waals surface area contributed by atoms with Gasteiger partial charge in [-0.05, 0) is 54.3 Å². The van der Waals surface area contributed by atoms with Crippen LogP contribution in [0.5, 0.6) is 0 Å². The van der Waals surface area contributed by atoms with Gasteiger partial charge >= 0.3 is 6.03 Å². The Kier molecular flexibility index (Phi) is 6.73. The van der Waals surface area contributed by atoms with Crippen molar-refractivity contribution in [2.24, 2.45) is 0 Å². The third-order valence-electron chi connectivity index (χ3n) is 5.09. The smallest absolute Gasteiger partial charge is 0.321 e. The summed E-state index contributed by atoms with van der Waals surface area (Å²) >= 11 is 12.1. The maximum atomic E-state index is 12.6. The Morgan fingerprint density at radius 1 is 1.03 bits per heavy atom. The van der Waals surface area contributed by atoms with Crippen LogP contribution in [-0.4, -0.2) is 56.1 Å². The summed E-state index contributed by atoms with van der Waals surface area (Å²) in [5, 5.41) is 4.01. The highest BCUT2D eigenvalue weighted by Crippen LogP contribution is 2.28. The lowest BCUT2D eigenvalue weighted by atomic mass is 10.1. The maximum Gasteiger partial charge on any atom is 0.321 e. The highest BCUT2D eigenvalue weighted by molar-refractivity contribution is 7.88. The third-order valence-corrected chi connectivity index (χ3v) is 6.83. The molecule has 2 amide bonds. The summed E-state index contributed by atoms with van der Waals surface area (Å²) in [7, 11) is -1.44. The minimum absolute atomic E-state index is 0.000811. The van der Waals surface area contributed by atoms with Crippen molar-refractivity contribution < 1.29 is 13.2 Å². The van der Waals surface area contributed by atoms with Gasteiger partial charge in [0.25, 0.3) is 0 Å². The van der Waals surface area contributed by atoms with Crippen molar-refractivity contribution in [1.82, 2.24) is 9.21 Å². The van der Waals surface area contributed by atoms with Crippen LogP contribution in [0.3, 0.4) is 0 Å². The number of rotatable bonds is 4. The molecule has 1 N–H and O–H groups in total. The molecule has 0 aromatic heterocycles. The predicted molar refractivity (Wildman–Crippen MR) is 118 cm³/mol. The molecule has 1 heterocycles. The normalized spacial score (nSPS) is 15.9. The fraction of sp³-hybridized carbons (Fsp3) is 0.350. The Bertz CT molecular complexity index is 968. The number of halogens is 2. The van der Waals surface area contributed by atoms with Crippen molar-refractivity contribution in [2.45, 2.75) is 18.9 Å². The highest BCUT2D eigenvalue weighted by atomic mass is 35.5. The van der Waals surface area contributed by atoms with Gasteiger partial charge in [-0.2, -0.15) is 0 Å². The first-order valence-electron chi connectivity index (χ1n) is 9.19. The molecule has 1 fully saturated rings. The molecular weight excluding hydrogens is 433 g/mol. The monoisotopic (exact) mass is 455 g/mol. The molecule has 3 rings (SSSR count). The van der Waals surface area contributed by atoms with Crippen LogP contribution in [0.1, 0.15) is 12.8 Å². The molecular formula is C20H23Cl2N3O3S. The summed E-state index contributed by atoms with van der Waals surface area (Å²) in [4.78, 5) is 14.2. The van der Waals surface area contributed by atoms with Gasteiger partial charge in [-0.25, -0.2) is 17.5 Å². The van der Waals surface area contributed by atoms with Gasteiger partial charge in [0.2, 0.25) is 10.0 Å². The molecule has 0 bridgehead atoms. The minimum atomic E-state index is -3.18. The van der Waals surface area contributed by atoms with E-state index in [4.69, 9.17) is 23.2 Å². The molecule has 0 radical (unpaired) electrons. The van der Waals surface area contributed by atoms with Crippen LogP contribution in [0, 0.1) is 0 Å². The number of benzene rings is 2. The van der Waals surface area contributed by atoms with Crippen molar-refractivity contribution in [2.75, 3.05) is 31.7 Å². The van der Waals surface area contributed by atoms with Gasteiger partial charge in [-0.1, -0.05) is 35.3 Å². The molecule has 9 heteroatoms. The molecule has 2 aromatic carbocycles. The lowest BCUT2D eigenvalue weighted by molar-refractivity contribution is 0.174. The molecule has 2 aromatic rings. The van der Waals surface area contributed by atoms with Gasteiger partial charge in [-0.3, -0.25) is 0 Å². The molecule has 0 aliphatic carbocycles. The van der Waals surface area contributed by atoms with Crippen LogP contribution in [-0.2, 0) is 10.0 Å². The van der Waals surface area contributed by atoms with Gasteiger partial charge in [0.05, 0.1) is 6.26 Å². The maximum absolute atomic E-state index is 12.6. The van der Waals surface area contributed by atoms with E-state index in [1.807, 2.05) is 36.4 Å². The molecule has 29 heavy (non-hydrogen) atoms. The predicted octanol–water partition coefficient (Wildman–Crippen LogP) is 4.55. The molecule has 1 aliphatic heterocycles. The second-order valence-corrected chi connectivity index (χ2v) is 10.0. The van der Waals surface area contributed by atoms with E-state index in [1.165, 1.54) is 10.6 Å². The number of nitrogens with one attached hydrogen (secondary N) is 1. The first-order chi connectivity index (χ1) is 13.6. The average molecular weight is 456 g/mol. The topological polar surface area (TPSA) is 69.7 Å². The van der Waals surface area contributed by atoms with Crippen molar-refractivity contribution in [3.63, 3.8) is 0 Å². The second-order valence-electron chi connectivity index (χ2n) is 7.17. The van der Waals surface area contributed by atoms with Crippen LogP contribution in [0.2, 0.25) is 10.0 Å². The van der Waals surface area contributed by atoms with E-state index in [9.17, 15) is 13.2 Å². The number of nitrogens with zero attached hydrogens (tertiary/aromatic N) is 2. The fourth-order valence-electron chi connectivity index (χ4n) is 3.41. The van der Waals surface area contributed by atoms with Crippen LogP contribution < -0.4 is 5.32 Å². The van der Waals surface area contributed by atoms with Crippen LogP contribution in [0.4, 0.5) is 10.5 Å². The standard InChI is InChI=1S/C20H23Cl2N3O3S/c1-24(19-7-9-25(10-8-19)29(2,27)28)20(26)23-18-5-3-14(4-6-18)15-11-16(21)13-17(22)12-15/h3-6,11-13,19H,7-10H2,1-2H3,(H,23,26). The number of hydrogen-bond donors (Lipinski definition) is 1. The van der Waals surface area contributed by atoms with Gasteiger partial charge < -0.3 is 10.2 Å². The zero-order valence-corrected chi connectivity index (χ0v) is 18.6. The quantitative estimate of drug-likeness (QED) is 0.734. The molecule has 0 spiro atoms. The first-order valence-corrected chi connectivity index (χ1v) is 11.8. The molecule has 0 atom stereocenters. The Morgan fingerprint density at radius 2 is 1.59 bits per heavy atom. The molecule has 6 nitrogen and oxygen atoms in total. The molecule has 0 unspecified atom stereocenters. The lowest BCUT2D eigenvalue weighted by Crippen LogP contribution is -2.48. The Balaban J connectivity index is 1.60. The molecule has 1 saturated heterocycles. The number of carbonyl (C=O) groups is 1. The first kappa shape index (κ1) is 21.9. The summed E-state index contributed by atoms with van der Waals surface area (Å²) in [6.45, 7) is 0.857. The number of urea groups is 1. The van der Waals surface area contributed by atoms with Crippen LogP contribution >= 0.6 is 23.2 Å². The molecule has 1 aliphatic rings. The van der Waals surface area contributed by atoms with E-state index in [1.54, 1.807) is 18.0 Å². The Labute approximate surface area is 181 Å². The molecule has 0 saturated carbocycles. The van der Waals surface area contributed by atoms with Crippen LogP contribution in [0.15, 0.2) is 42.5 Å². The van der Waals surface area contributed by atoms with E-state index in [-0.39, 0.29) is 12.1 Å². The summed E-state index contributed by atoms with van der Waals surface area (Å²) in [5.41, 5.74) is 2.51. The third kappa shape index (κ3) is 5.63. The van der Waals surface area contributed by atoms with Gasteiger partial charge in [0.15, 0.2) is 0 Å². The number of amides is 2. The summed E-state index contributed by atoms with van der Waals surface area (Å²) < 4.78 is 24.7.